The molecule has 0 aliphatic heterocycles. The van der Waals surface area contributed by atoms with Gasteiger partial charge in [-0.25, -0.2) is 4.39 Å². The van der Waals surface area contributed by atoms with Crippen LogP contribution >= 0.6 is 11.8 Å². The lowest BCUT2D eigenvalue weighted by Gasteiger charge is -2.20. The van der Waals surface area contributed by atoms with Gasteiger partial charge in [-0.05, 0) is 56.6 Å². The zero-order valence-corrected chi connectivity index (χ0v) is 17.7. The largest absolute Gasteiger partial charge is 0.492 e. The smallest absolute Gasteiger partial charge is 0.222 e. The Morgan fingerprint density at radius 2 is 1.79 bits per heavy atom. The minimum atomic E-state index is -0.230. The predicted octanol–water partition coefficient (Wildman–Crippen LogP) is 4.30. The zero-order valence-electron chi connectivity index (χ0n) is 16.9. The molecule has 152 valence electrons. The molecular weight excluding hydrogens is 375 g/mol. The van der Waals surface area contributed by atoms with E-state index in [0.717, 1.165) is 34.9 Å². The highest BCUT2D eigenvalue weighted by atomic mass is 32.2. The number of ether oxygens (including phenoxy) is 1. The third-order valence-corrected chi connectivity index (χ3v) is 5.32. The summed E-state index contributed by atoms with van der Waals surface area (Å²) in [6.45, 7) is 1.99. The summed E-state index contributed by atoms with van der Waals surface area (Å²) in [5, 5.41) is 0. The van der Waals surface area contributed by atoms with E-state index in [1.807, 2.05) is 45.4 Å². The second-order valence-electron chi connectivity index (χ2n) is 6.92. The third kappa shape index (κ3) is 7.90. The Kier molecular flexibility index (Phi) is 9.31. The molecule has 2 aromatic rings. The van der Waals surface area contributed by atoms with Gasteiger partial charge in [0.25, 0.3) is 0 Å². The van der Waals surface area contributed by atoms with Crippen LogP contribution in [0, 0.1) is 5.82 Å². The third-order valence-electron chi connectivity index (χ3n) is 4.22. The van der Waals surface area contributed by atoms with E-state index in [4.69, 9.17) is 4.74 Å². The highest BCUT2D eigenvalue weighted by Crippen LogP contribution is 2.21. The zero-order chi connectivity index (χ0) is 20.4. The van der Waals surface area contributed by atoms with Gasteiger partial charge in [-0.3, -0.25) is 4.79 Å². The first kappa shape index (κ1) is 22.2. The second kappa shape index (κ2) is 11.7. The monoisotopic (exact) mass is 404 g/mol. The van der Waals surface area contributed by atoms with Crippen molar-refractivity contribution in [3.05, 3.63) is 59.9 Å². The Hall–Kier alpha value is -2.05. The summed E-state index contributed by atoms with van der Waals surface area (Å²) >= 11 is 1.64. The fourth-order valence-electron chi connectivity index (χ4n) is 2.59. The van der Waals surface area contributed by atoms with E-state index in [-0.39, 0.29) is 11.7 Å². The van der Waals surface area contributed by atoms with Gasteiger partial charge in [0.05, 0.1) is 0 Å². The van der Waals surface area contributed by atoms with Crippen LogP contribution in [0.4, 0.5) is 4.39 Å². The molecule has 0 radical (unpaired) electrons. The standard InChI is InChI=1S/C22H29FN2O2S/c1-24(2)14-15-27-21-8-5-4-7-18(21)17-25(3)22(26)9-6-16-28-20-12-10-19(23)11-13-20/h4-5,7-8,10-13H,6,9,14-17H2,1-3H3. The molecule has 0 unspecified atom stereocenters. The Bertz CT molecular complexity index is 738. The number of benzene rings is 2. The molecule has 0 aliphatic rings. The van der Waals surface area contributed by atoms with Crippen molar-refractivity contribution in [2.24, 2.45) is 0 Å². The number of amides is 1. The molecule has 4 nitrogen and oxygen atoms in total. The lowest BCUT2D eigenvalue weighted by Crippen LogP contribution is -2.26. The lowest BCUT2D eigenvalue weighted by molar-refractivity contribution is -0.130. The quantitative estimate of drug-likeness (QED) is 0.413. The van der Waals surface area contributed by atoms with Crippen LogP contribution in [-0.4, -0.2) is 55.8 Å². The average molecular weight is 405 g/mol. The van der Waals surface area contributed by atoms with Crippen LogP contribution in [0.15, 0.2) is 53.4 Å². The van der Waals surface area contributed by atoms with E-state index in [2.05, 4.69) is 4.90 Å². The fraction of sp³-hybridized carbons (Fsp3) is 0.409. The molecule has 0 N–H and O–H groups in total. The van der Waals surface area contributed by atoms with E-state index < -0.39 is 0 Å². The number of thioether (sulfide) groups is 1. The number of hydrogen-bond donors (Lipinski definition) is 0. The Morgan fingerprint density at radius 1 is 1.07 bits per heavy atom. The van der Waals surface area contributed by atoms with Gasteiger partial charge in [-0.15, -0.1) is 11.8 Å². The molecule has 0 fully saturated rings. The maximum Gasteiger partial charge on any atom is 0.222 e. The van der Waals surface area contributed by atoms with Crippen LogP contribution in [0.5, 0.6) is 5.75 Å². The van der Waals surface area contributed by atoms with E-state index >= 15 is 0 Å². The topological polar surface area (TPSA) is 32.8 Å². The molecule has 2 aromatic carbocycles. The summed E-state index contributed by atoms with van der Waals surface area (Å²) in [7, 11) is 5.85. The number of carbonyl (C=O) groups is 1. The molecule has 0 saturated heterocycles. The molecular formula is C22H29FN2O2S. The van der Waals surface area contributed by atoms with E-state index in [0.29, 0.717) is 19.6 Å². The van der Waals surface area contributed by atoms with Crippen LogP contribution in [0.3, 0.4) is 0 Å². The molecule has 1 amide bonds. The molecule has 0 spiro atoms. The van der Waals surface area contributed by atoms with Gasteiger partial charge in [-0.1, -0.05) is 18.2 Å². The van der Waals surface area contributed by atoms with E-state index in [9.17, 15) is 9.18 Å². The number of carbonyl (C=O) groups excluding carboxylic acids is 1. The van der Waals surface area contributed by atoms with Gasteiger partial charge in [0, 0.05) is 37.0 Å². The van der Waals surface area contributed by atoms with Gasteiger partial charge >= 0.3 is 0 Å². The summed E-state index contributed by atoms with van der Waals surface area (Å²) < 4.78 is 18.8. The Balaban J connectivity index is 1.76. The lowest BCUT2D eigenvalue weighted by atomic mass is 10.2. The van der Waals surface area contributed by atoms with Crippen LogP contribution < -0.4 is 4.74 Å². The summed E-state index contributed by atoms with van der Waals surface area (Å²) in [5.41, 5.74) is 1.01. The first-order valence-corrected chi connectivity index (χ1v) is 10.4. The fourth-order valence-corrected chi connectivity index (χ4v) is 3.45. The summed E-state index contributed by atoms with van der Waals surface area (Å²) in [6.07, 6.45) is 1.28. The Labute approximate surface area is 171 Å². The predicted molar refractivity (Wildman–Crippen MR) is 113 cm³/mol. The van der Waals surface area contributed by atoms with Gasteiger partial charge in [0.15, 0.2) is 0 Å². The maximum absolute atomic E-state index is 12.9. The number of halogens is 1. The van der Waals surface area contributed by atoms with Gasteiger partial charge in [0.2, 0.25) is 5.91 Å². The van der Waals surface area contributed by atoms with Crippen molar-refractivity contribution in [3.8, 4) is 5.75 Å². The van der Waals surface area contributed by atoms with E-state index in [1.54, 1.807) is 28.8 Å². The second-order valence-corrected chi connectivity index (χ2v) is 8.08. The normalized spacial score (nSPS) is 10.9. The van der Waals surface area contributed by atoms with Gasteiger partial charge in [-0.2, -0.15) is 0 Å². The highest BCUT2D eigenvalue weighted by molar-refractivity contribution is 7.99. The molecule has 6 heteroatoms. The number of likely N-dealkylation sites (N-methyl/N-ethyl adjacent to an activating group) is 1. The molecule has 0 atom stereocenters. The summed E-state index contributed by atoms with van der Waals surface area (Å²) in [5.74, 6) is 1.54. The van der Waals surface area contributed by atoms with E-state index in [1.165, 1.54) is 12.1 Å². The Morgan fingerprint density at radius 3 is 2.50 bits per heavy atom. The number of rotatable bonds is 11. The van der Waals surface area contributed by atoms with Crippen molar-refractivity contribution in [2.75, 3.05) is 40.0 Å². The minimum absolute atomic E-state index is 0.114. The average Bonchev–Trinajstić information content (AvgIpc) is 2.67. The van der Waals surface area contributed by atoms with Crippen LogP contribution in [0.25, 0.3) is 0 Å². The maximum atomic E-state index is 12.9. The molecule has 0 aliphatic carbocycles. The molecule has 28 heavy (non-hydrogen) atoms. The first-order chi connectivity index (χ1) is 13.5. The molecule has 0 bridgehead atoms. The SMILES string of the molecule is CN(C)CCOc1ccccc1CN(C)C(=O)CCCSc1ccc(F)cc1. The van der Waals surface area contributed by atoms with Crippen molar-refractivity contribution >= 4 is 17.7 Å². The minimum Gasteiger partial charge on any atom is -0.492 e. The number of hydrogen-bond acceptors (Lipinski definition) is 4. The van der Waals surface area contributed by atoms with Gasteiger partial charge in [0.1, 0.15) is 18.2 Å². The summed E-state index contributed by atoms with van der Waals surface area (Å²) in [4.78, 5) is 17.3. The molecule has 2 rings (SSSR count). The van der Waals surface area contributed by atoms with Crippen LogP contribution in [0.1, 0.15) is 18.4 Å². The van der Waals surface area contributed by atoms with Crippen LogP contribution in [-0.2, 0) is 11.3 Å². The first-order valence-electron chi connectivity index (χ1n) is 9.43. The van der Waals surface area contributed by atoms with Crippen molar-refractivity contribution in [2.45, 2.75) is 24.3 Å². The number of para-hydroxylation sites is 1. The van der Waals surface area contributed by atoms with Crippen molar-refractivity contribution < 1.29 is 13.9 Å². The molecule has 0 heterocycles. The van der Waals surface area contributed by atoms with Crippen LogP contribution in [0.2, 0.25) is 0 Å². The van der Waals surface area contributed by atoms with Crippen molar-refractivity contribution in [3.63, 3.8) is 0 Å². The van der Waals surface area contributed by atoms with Crippen molar-refractivity contribution in [1.29, 1.82) is 0 Å². The van der Waals surface area contributed by atoms with Gasteiger partial charge < -0.3 is 14.5 Å². The number of nitrogens with zero attached hydrogens (tertiary/aromatic N) is 2. The molecule has 0 saturated carbocycles. The summed E-state index contributed by atoms with van der Waals surface area (Å²) in [6, 6.07) is 14.3. The van der Waals surface area contributed by atoms with Crippen molar-refractivity contribution in [1.82, 2.24) is 9.80 Å². The highest BCUT2D eigenvalue weighted by Gasteiger charge is 2.12. The molecule has 0 aromatic heterocycles.